The molecule has 2 fully saturated rings. The van der Waals surface area contributed by atoms with Gasteiger partial charge in [0.15, 0.2) is 0 Å². The van der Waals surface area contributed by atoms with Gasteiger partial charge in [0, 0.05) is 30.6 Å². The van der Waals surface area contributed by atoms with E-state index >= 15 is 0 Å². The van der Waals surface area contributed by atoms with Gasteiger partial charge in [0.2, 0.25) is 15.9 Å². The molecule has 2 aromatic carbocycles. The van der Waals surface area contributed by atoms with Crippen molar-refractivity contribution in [2.45, 2.75) is 36.5 Å². The molecule has 1 amide bonds. The number of carbonyl (C=O) groups excluding carboxylic acids is 1. The molecule has 1 aliphatic heterocycles. The zero-order chi connectivity index (χ0) is 22.8. The summed E-state index contributed by atoms with van der Waals surface area (Å²) < 4.78 is 33.8. The number of ether oxygens (including phenoxy) is 1. The van der Waals surface area contributed by atoms with Crippen molar-refractivity contribution >= 4 is 43.2 Å². The fourth-order valence-corrected chi connectivity index (χ4v) is 7.32. The first-order valence-corrected chi connectivity index (χ1v) is 13.6. The molecule has 3 aromatic rings. The number of carbonyl (C=O) groups is 1. The summed E-state index contributed by atoms with van der Waals surface area (Å²) in [6.07, 6.45) is 3.82. The second-order valence-corrected chi connectivity index (χ2v) is 11.6. The molecular weight excluding hydrogens is 458 g/mol. The lowest BCUT2D eigenvalue weighted by Crippen LogP contribution is -2.40. The van der Waals surface area contributed by atoms with E-state index in [9.17, 15) is 13.2 Å². The van der Waals surface area contributed by atoms with Gasteiger partial charge in [-0.05, 0) is 43.2 Å². The largest absolute Gasteiger partial charge is 0.379 e. The van der Waals surface area contributed by atoms with E-state index in [4.69, 9.17) is 9.72 Å². The van der Waals surface area contributed by atoms with Crippen LogP contribution in [-0.4, -0.2) is 49.9 Å². The van der Waals surface area contributed by atoms with Crippen LogP contribution < -0.4 is 5.32 Å². The van der Waals surface area contributed by atoms with E-state index in [1.54, 1.807) is 35.6 Å². The molecule has 1 aliphatic carbocycles. The Labute approximate surface area is 197 Å². The number of anilines is 1. The molecule has 174 valence electrons. The third-order valence-corrected chi connectivity index (χ3v) is 9.50. The molecule has 7 nitrogen and oxygen atoms in total. The molecule has 2 heterocycles. The van der Waals surface area contributed by atoms with Crippen LogP contribution in [-0.2, 0) is 19.6 Å². The van der Waals surface area contributed by atoms with Crippen LogP contribution in [0.5, 0.6) is 0 Å². The maximum absolute atomic E-state index is 13.3. The Balaban J connectivity index is 1.35. The predicted octanol–water partition coefficient (Wildman–Crippen LogP) is 4.23. The van der Waals surface area contributed by atoms with Crippen LogP contribution in [0.4, 0.5) is 5.69 Å². The highest BCUT2D eigenvalue weighted by Crippen LogP contribution is 2.41. The zero-order valence-corrected chi connectivity index (χ0v) is 19.9. The Kier molecular flexibility index (Phi) is 6.47. The summed E-state index contributed by atoms with van der Waals surface area (Å²) in [5, 5.41) is 4.00. The summed E-state index contributed by atoms with van der Waals surface area (Å²) >= 11 is 1.67. The Morgan fingerprint density at radius 2 is 1.85 bits per heavy atom. The number of benzene rings is 2. The molecule has 2 aliphatic rings. The molecule has 1 saturated heterocycles. The summed E-state index contributed by atoms with van der Waals surface area (Å²) in [6, 6.07) is 14.6. The highest BCUT2D eigenvalue weighted by Gasteiger charge is 2.34. The van der Waals surface area contributed by atoms with Crippen LogP contribution in [0.25, 0.3) is 10.2 Å². The van der Waals surface area contributed by atoms with Crippen LogP contribution in [0.15, 0.2) is 53.4 Å². The Bertz CT molecular complexity index is 1220. The average molecular weight is 486 g/mol. The van der Waals surface area contributed by atoms with Gasteiger partial charge < -0.3 is 10.1 Å². The van der Waals surface area contributed by atoms with Crippen molar-refractivity contribution in [2.24, 2.45) is 5.92 Å². The van der Waals surface area contributed by atoms with Crippen molar-refractivity contribution < 1.29 is 17.9 Å². The Morgan fingerprint density at radius 1 is 1.06 bits per heavy atom. The van der Waals surface area contributed by atoms with Gasteiger partial charge in [-0.1, -0.05) is 31.0 Å². The monoisotopic (exact) mass is 485 g/mol. The number of para-hydroxylation sites is 1. The number of thiazole rings is 1. The standard InChI is InChI=1S/C24H27N3O4S2/c28-23(19-8-1-2-9-20(19)24-26-21-10-3-4-11-22(21)32-24)25-17-6-5-7-18(16-17)33(29,30)27-12-14-31-15-13-27/h3-7,10-11,16,19-20H,1-2,8-9,12-15H2,(H,25,28)/t19-,20+/m1/s1. The summed E-state index contributed by atoms with van der Waals surface area (Å²) in [4.78, 5) is 18.3. The average Bonchev–Trinajstić information content (AvgIpc) is 3.29. The molecule has 0 radical (unpaired) electrons. The van der Waals surface area contributed by atoms with E-state index in [1.807, 2.05) is 18.2 Å². The number of aromatic nitrogens is 1. The predicted molar refractivity (Wildman–Crippen MR) is 129 cm³/mol. The highest BCUT2D eigenvalue weighted by atomic mass is 32.2. The molecule has 0 spiro atoms. The van der Waals surface area contributed by atoms with Gasteiger partial charge in [0.1, 0.15) is 0 Å². The molecule has 33 heavy (non-hydrogen) atoms. The first kappa shape index (κ1) is 22.5. The van der Waals surface area contributed by atoms with Crippen LogP contribution >= 0.6 is 11.3 Å². The number of amides is 1. The molecular formula is C24H27N3O4S2. The Hall–Kier alpha value is -2.33. The van der Waals surface area contributed by atoms with E-state index in [0.29, 0.717) is 32.0 Å². The minimum atomic E-state index is -3.62. The van der Waals surface area contributed by atoms with E-state index in [2.05, 4.69) is 11.4 Å². The number of morpholine rings is 1. The van der Waals surface area contributed by atoms with Gasteiger partial charge in [0.05, 0.1) is 33.3 Å². The van der Waals surface area contributed by atoms with Crippen LogP contribution in [0.2, 0.25) is 0 Å². The lowest BCUT2D eigenvalue weighted by atomic mass is 9.79. The van der Waals surface area contributed by atoms with Crippen molar-refractivity contribution in [3.63, 3.8) is 0 Å². The highest BCUT2D eigenvalue weighted by molar-refractivity contribution is 7.89. The number of sulfonamides is 1. The topological polar surface area (TPSA) is 88.6 Å². The van der Waals surface area contributed by atoms with Crippen molar-refractivity contribution in [1.82, 2.24) is 9.29 Å². The molecule has 5 rings (SSSR count). The van der Waals surface area contributed by atoms with Gasteiger partial charge in [-0.2, -0.15) is 4.31 Å². The Morgan fingerprint density at radius 3 is 2.67 bits per heavy atom. The summed E-state index contributed by atoms with van der Waals surface area (Å²) in [5.41, 5.74) is 1.48. The normalized spacial score (nSPS) is 22.3. The van der Waals surface area contributed by atoms with Gasteiger partial charge in [0.25, 0.3) is 0 Å². The second-order valence-electron chi connectivity index (χ2n) is 8.55. The van der Waals surface area contributed by atoms with Crippen molar-refractivity contribution in [3.8, 4) is 0 Å². The number of rotatable bonds is 5. The third-order valence-electron chi connectivity index (χ3n) is 6.44. The lowest BCUT2D eigenvalue weighted by Gasteiger charge is -2.29. The molecule has 1 N–H and O–H groups in total. The maximum atomic E-state index is 13.3. The molecule has 2 atom stereocenters. The van der Waals surface area contributed by atoms with Crippen LogP contribution in [0, 0.1) is 5.92 Å². The number of nitrogens with zero attached hydrogens (tertiary/aromatic N) is 2. The van der Waals surface area contributed by atoms with Crippen LogP contribution in [0.3, 0.4) is 0 Å². The molecule has 1 aromatic heterocycles. The van der Waals surface area contributed by atoms with Gasteiger partial charge in [-0.25, -0.2) is 13.4 Å². The summed E-state index contributed by atoms with van der Waals surface area (Å²) in [6.45, 7) is 1.46. The molecule has 1 saturated carbocycles. The van der Waals surface area contributed by atoms with Crippen LogP contribution in [0.1, 0.15) is 36.6 Å². The molecule has 0 unspecified atom stereocenters. The minimum Gasteiger partial charge on any atom is -0.379 e. The quantitative estimate of drug-likeness (QED) is 0.584. The number of hydrogen-bond acceptors (Lipinski definition) is 6. The van der Waals surface area contributed by atoms with Crippen molar-refractivity contribution in [1.29, 1.82) is 0 Å². The molecule has 0 bridgehead atoms. The zero-order valence-electron chi connectivity index (χ0n) is 18.3. The first-order chi connectivity index (χ1) is 16.0. The van der Waals surface area contributed by atoms with Crippen molar-refractivity contribution in [3.05, 3.63) is 53.5 Å². The summed E-state index contributed by atoms with van der Waals surface area (Å²) in [5.74, 6) is -0.171. The van der Waals surface area contributed by atoms with Gasteiger partial charge >= 0.3 is 0 Å². The number of fused-ring (bicyclic) bond motifs is 1. The number of nitrogens with one attached hydrogen (secondary N) is 1. The number of hydrogen-bond donors (Lipinski definition) is 1. The third kappa shape index (κ3) is 4.68. The first-order valence-electron chi connectivity index (χ1n) is 11.4. The summed E-state index contributed by atoms with van der Waals surface area (Å²) in [7, 11) is -3.62. The SMILES string of the molecule is O=C(Nc1cccc(S(=O)(=O)N2CCOCC2)c1)[C@@H]1CCCC[C@@H]1c1nc2ccccc2s1. The fraction of sp³-hybridized carbons (Fsp3) is 0.417. The minimum absolute atomic E-state index is 0.0696. The fourth-order valence-electron chi connectivity index (χ4n) is 4.69. The van der Waals surface area contributed by atoms with E-state index in [-0.39, 0.29) is 22.6 Å². The van der Waals surface area contributed by atoms with Gasteiger partial charge in [-0.3, -0.25) is 4.79 Å². The lowest BCUT2D eigenvalue weighted by molar-refractivity contribution is -0.121. The van der Waals surface area contributed by atoms with E-state index in [0.717, 1.165) is 40.9 Å². The van der Waals surface area contributed by atoms with Gasteiger partial charge in [-0.15, -0.1) is 11.3 Å². The van der Waals surface area contributed by atoms with E-state index in [1.165, 1.54) is 4.31 Å². The van der Waals surface area contributed by atoms with Crippen molar-refractivity contribution in [2.75, 3.05) is 31.6 Å². The van der Waals surface area contributed by atoms with E-state index < -0.39 is 10.0 Å². The molecule has 9 heteroatoms. The maximum Gasteiger partial charge on any atom is 0.243 e. The smallest absolute Gasteiger partial charge is 0.243 e. The second kappa shape index (κ2) is 9.50.